The number of rotatable bonds is 4. The summed E-state index contributed by atoms with van der Waals surface area (Å²) in [5.41, 5.74) is 1.28. The van der Waals surface area contributed by atoms with Gasteiger partial charge in [-0.3, -0.25) is 14.9 Å². The van der Waals surface area contributed by atoms with Crippen LogP contribution in [0.1, 0.15) is 12.5 Å². The minimum absolute atomic E-state index is 0.0468. The predicted molar refractivity (Wildman–Crippen MR) is 110 cm³/mol. The molecular weight excluding hydrogens is 402 g/mol. The van der Waals surface area contributed by atoms with Gasteiger partial charge in [0.2, 0.25) is 17.8 Å². The lowest BCUT2D eigenvalue weighted by Gasteiger charge is -2.23. The maximum absolute atomic E-state index is 13.0. The van der Waals surface area contributed by atoms with Crippen LogP contribution in [0.15, 0.2) is 42.5 Å². The zero-order valence-electron chi connectivity index (χ0n) is 16.6. The molecule has 0 saturated heterocycles. The maximum atomic E-state index is 13.0. The number of anilines is 2. The SMILES string of the molecule is COc1ccc(-c2nc3n(n2)C(C(=O)Nc2ccc4c(c2)OCCO4)CC(=O)N3)cc1. The van der Waals surface area contributed by atoms with Gasteiger partial charge < -0.3 is 19.5 Å². The van der Waals surface area contributed by atoms with Crippen molar-refractivity contribution in [3.8, 4) is 28.6 Å². The van der Waals surface area contributed by atoms with Gasteiger partial charge >= 0.3 is 0 Å². The Morgan fingerprint density at radius 1 is 1.16 bits per heavy atom. The molecule has 158 valence electrons. The van der Waals surface area contributed by atoms with E-state index in [-0.39, 0.29) is 24.2 Å². The molecule has 0 aliphatic carbocycles. The van der Waals surface area contributed by atoms with Crippen molar-refractivity contribution < 1.29 is 23.8 Å². The summed E-state index contributed by atoms with van der Waals surface area (Å²) >= 11 is 0. The summed E-state index contributed by atoms with van der Waals surface area (Å²) in [5, 5.41) is 9.97. The molecule has 0 fully saturated rings. The molecule has 0 saturated carbocycles. The first-order chi connectivity index (χ1) is 15.1. The van der Waals surface area contributed by atoms with Crippen molar-refractivity contribution >= 4 is 23.5 Å². The van der Waals surface area contributed by atoms with Gasteiger partial charge in [-0.15, -0.1) is 5.10 Å². The molecule has 0 radical (unpaired) electrons. The third kappa shape index (κ3) is 3.63. The second-order valence-electron chi connectivity index (χ2n) is 7.05. The molecule has 2 N–H and O–H groups in total. The molecular formula is C21H19N5O5. The second-order valence-corrected chi connectivity index (χ2v) is 7.05. The Bertz CT molecular complexity index is 1160. The van der Waals surface area contributed by atoms with E-state index >= 15 is 0 Å². The standard InChI is InChI=1S/C21H19N5O5/c1-29-14-5-2-12(3-6-14)19-24-21-23-18(27)11-15(26(21)25-19)20(28)22-13-4-7-16-17(10-13)31-9-8-30-16/h2-7,10,15H,8-9,11H2,1H3,(H,22,28)(H,23,24,25,27). The van der Waals surface area contributed by atoms with E-state index in [0.29, 0.717) is 42.0 Å². The lowest BCUT2D eigenvalue weighted by Crippen LogP contribution is -2.36. The molecule has 3 aromatic rings. The fourth-order valence-corrected chi connectivity index (χ4v) is 3.48. The van der Waals surface area contributed by atoms with E-state index in [1.165, 1.54) is 4.68 Å². The smallest absolute Gasteiger partial charge is 0.249 e. The molecule has 3 heterocycles. The predicted octanol–water partition coefficient (Wildman–Crippen LogP) is 2.25. The molecule has 2 aliphatic heterocycles. The Morgan fingerprint density at radius 3 is 2.71 bits per heavy atom. The monoisotopic (exact) mass is 421 g/mol. The number of hydrogen-bond acceptors (Lipinski definition) is 7. The van der Waals surface area contributed by atoms with Crippen LogP contribution in [0.3, 0.4) is 0 Å². The molecule has 10 nitrogen and oxygen atoms in total. The van der Waals surface area contributed by atoms with Crippen LogP contribution in [-0.4, -0.2) is 46.9 Å². The van der Waals surface area contributed by atoms with Gasteiger partial charge in [0.1, 0.15) is 25.0 Å². The number of aromatic nitrogens is 3. The lowest BCUT2D eigenvalue weighted by atomic mass is 10.1. The van der Waals surface area contributed by atoms with E-state index in [4.69, 9.17) is 14.2 Å². The normalized spacial score (nSPS) is 16.8. The van der Waals surface area contributed by atoms with Gasteiger partial charge in [-0.1, -0.05) is 0 Å². The Kier molecular flexibility index (Phi) is 4.66. The van der Waals surface area contributed by atoms with E-state index in [2.05, 4.69) is 20.7 Å². The highest BCUT2D eigenvalue weighted by Crippen LogP contribution is 2.33. The Hall–Kier alpha value is -4.08. The first kappa shape index (κ1) is 18.9. The Labute approximate surface area is 177 Å². The summed E-state index contributed by atoms with van der Waals surface area (Å²) < 4.78 is 17.7. The van der Waals surface area contributed by atoms with Gasteiger partial charge in [-0.05, 0) is 36.4 Å². The summed E-state index contributed by atoms with van der Waals surface area (Å²) in [6.07, 6.45) is -0.0468. The average molecular weight is 421 g/mol. The number of nitrogens with zero attached hydrogens (tertiary/aromatic N) is 3. The zero-order chi connectivity index (χ0) is 21.4. The highest BCUT2D eigenvalue weighted by Gasteiger charge is 2.33. The van der Waals surface area contributed by atoms with Gasteiger partial charge in [0.15, 0.2) is 17.3 Å². The number of carbonyl (C=O) groups excluding carboxylic acids is 2. The van der Waals surface area contributed by atoms with Crippen LogP contribution in [0.2, 0.25) is 0 Å². The molecule has 1 unspecified atom stereocenters. The van der Waals surface area contributed by atoms with Crippen molar-refractivity contribution in [2.75, 3.05) is 31.0 Å². The summed E-state index contributed by atoms with van der Waals surface area (Å²) in [4.78, 5) is 29.6. The quantitative estimate of drug-likeness (QED) is 0.664. The number of nitrogens with one attached hydrogen (secondary N) is 2. The van der Waals surface area contributed by atoms with Gasteiger partial charge in [-0.25, -0.2) is 4.68 Å². The molecule has 2 aromatic carbocycles. The molecule has 0 bridgehead atoms. The first-order valence-electron chi connectivity index (χ1n) is 9.72. The number of hydrogen-bond donors (Lipinski definition) is 2. The van der Waals surface area contributed by atoms with Crippen molar-refractivity contribution in [3.63, 3.8) is 0 Å². The van der Waals surface area contributed by atoms with Crippen molar-refractivity contribution in [2.45, 2.75) is 12.5 Å². The van der Waals surface area contributed by atoms with Crippen molar-refractivity contribution in [3.05, 3.63) is 42.5 Å². The number of amides is 2. The second kappa shape index (κ2) is 7.63. The minimum atomic E-state index is -0.837. The summed E-state index contributed by atoms with van der Waals surface area (Å²) in [6.45, 7) is 0.936. The number of benzene rings is 2. The van der Waals surface area contributed by atoms with Crippen LogP contribution in [0.25, 0.3) is 11.4 Å². The van der Waals surface area contributed by atoms with Crippen molar-refractivity contribution in [1.29, 1.82) is 0 Å². The van der Waals surface area contributed by atoms with Crippen LogP contribution < -0.4 is 24.8 Å². The molecule has 2 amide bonds. The van der Waals surface area contributed by atoms with Crippen LogP contribution in [0.4, 0.5) is 11.6 Å². The summed E-state index contributed by atoms with van der Waals surface area (Å²) in [6, 6.07) is 11.5. The first-order valence-corrected chi connectivity index (χ1v) is 9.72. The molecule has 1 atom stereocenters. The number of methoxy groups -OCH3 is 1. The number of ether oxygens (including phenoxy) is 3. The summed E-state index contributed by atoms with van der Waals surface area (Å²) in [7, 11) is 1.59. The largest absolute Gasteiger partial charge is 0.497 e. The molecule has 10 heteroatoms. The minimum Gasteiger partial charge on any atom is -0.497 e. The van der Waals surface area contributed by atoms with Crippen LogP contribution in [0.5, 0.6) is 17.2 Å². The summed E-state index contributed by atoms with van der Waals surface area (Å²) in [5.74, 6) is 1.85. The maximum Gasteiger partial charge on any atom is 0.249 e. The van der Waals surface area contributed by atoms with E-state index in [1.807, 2.05) is 12.1 Å². The third-order valence-corrected chi connectivity index (χ3v) is 5.02. The van der Waals surface area contributed by atoms with Crippen molar-refractivity contribution in [2.24, 2.45) is 0 Å². The topological polar surface area (TPSA) is 117 Å². The number of fused-ring (bicyclic) bond motifs is 2. The molecule has 1 aromatic heterocycles. The third-order valence-electron chi connectivity index (χ3n) is 5.02. The van der Waals surface area contributed by atoms with Crippen LogP contribution in [-0.2, 0) is 9.59 Å². The van der Waals surface area contributed by atoms with Gasteiger partial charge in [0.25, 0.3) is 0 Å². The number of carbonyl (C=O) groups is 2. The fourth-order valence-electron chi connectivity index (χ4n) is 3.48. The highest BCUT2D eigenvalue weighted by molar-refractivity contribution is 6.01. The highest BCUT2D eigenvalue weighted by atomic mass is 16.6. The van der Waals surface area contributed by atoms with Gasteiger partial charge in [0, 0.05) is 17.3 Å². The lowest BCUT2D eigenvalue weighted by molar-refractivity contribution is -0.125. The van der Waals surface area contributed by atoms with Crippen LogP contribution in [0, 0.1) is 0 Å². The Balaban J connectivity index is 1.40. The molecule has 0 spiro atoms. The van der Waals surface area contributed by atoms with E-state index in [1.54, 1.807) is 37.4 Å². The van der Waals surface area contributed by atoms with Gasteiger partial charge in [0.05, 0.1) is 13.5 Å². The average Bonchev–Trinajstić information content (AvgIpc) is 3.22. The molecule has 2 aliphatic rings. The van der Waals surface area contributed by atoms with E-state index in [9.17, 15) is 9.59 Å². The molecule has 31 heavy (non-hydrogen) atoms. The zero-order valence-corrected chi connectivity index (χ0v) is 16.6. The Morgan fingerprint density at radius 2 is 1.94 bits per heavy atom. The molecule has 5 rings (SSSR count). The van der Waals surface area contributed by atoms with Crippen molar-refractivity contribution in [1.82, 2.24) is 14.8 Å². The van der Waals surface area contributed by atoms with Crippen LogP contribution >= 0.6 is 0 Å². The van der Waals surface area contributed by atoms with E-state index in [0.717, 1.165) is 5.56 Å². The fraction of sp³-hybridized carbons (Fsp3) is 0.238. The van der Waals surface area contributed by atoms with E-state index < -0.39 is 6.04 Å². The van der Waals surface area contributed by atoms with Gasteiger partial charge in [-0.2, -0.15) is 4.98 Å².